The van der Waals surface area contributed by atoms with Crippen molar-refractivity contribution >= 4 is 17.8 Å². The Labute approximate surface area is 162 Å². The lowest BCUT2D eigenvalue weighted by molar-refractivity contribution is -0.121. The number of aryl methyl sites for hydroxylation is 1. The molecule has 0 radical (unpaired) electrons. The molecule has 0 saturated carbocycles. The highest BCUT2D eigenvalue weighted by molar-refractivity contribution is 5.95. The molecule has 1 aromatic heterocycles. The first-order chi connectivity index (χ1) is 13.5. The summed E-state index contributed by atoms with van der Waals surface area (Å²) in [5, 5.41) is 0. The molecule has 3 N–H and O–H groups in total. The van der Waals surface area contributed by atoms with Crippen LogP contribution in [0, 0.1) is 6.92 Å². The number of aromatic nitrogens is 2. The van der Waals surface area contributed by atoms with Gasteiger partial charge >= 0.3 is 0 Å². The first kappa shape index (κ1) is 19.6. The number of aromatic amines is 1. The summed E-state index contributed by atoms with van der Waals surface area (Å²) in [4.78, 5) is 45.5. The number of morpholine rings is 1. The number of hydrogen-bond acceptors (Lipinski definition) is 6. The molecule has 3 rings (SSSR count). The van der Waals surface area contributed by atoms with Gasteiger partial charge in [-0.2, -0.15) is 0 Å². The second-order valence-corrected chi connectivity index (χ2v) is 6.42. The molecule has 2 aromatic rings. The van der Waals surface area contributed by atoms with E-state index >= 15 is 0 Å². The molecular formula is C19H23N5O4. The summed E-state index contributed by atoms with van der Waals surface area (Å²) < 4.78 is 5.30. The Hall–Kier alpha value is -3.20. The Kier molecular flexibility index (Phi) is 6.38. The Morgan fingerprint density at radius 1 is 1.18 bits per heavy atom. The largest absolute Gasteiger partial charge is 0.378 e. The second kappa shape index (κ2) is 9.14. The van der Waals surface area contributed by atoms with Crippen molar-refractivity contribution < 1.29 is 14.3 Å². The second-order valence-electron chi connectivity index (χ2n) is 6.42. The lowest BCUT2D eigenvalue weighted by Gasteiger charge is -2.27. The highest BCUT2D eigenvalue weighted by atomic mass is 16.5. The molecule has 1 saturated heterocycles. The van der Waals surface area contributed by atoms with E-state index in [4.69, 9.17) is 4.74 Å². The van der Waals surface area contributed by atoms with E-state index in [-0.39, 0.29) is 24.3 Å². The fourth-order valence-electron chi connectivity index (χ4n) is 2.90. The first-order valence-electron chi connectivity index (χ1n) is 9.11. The zero-order chi connectivity index (χ0) is 19.9. The fourth-order valence-corrected chi connectivity index (χ4v) is 2.90. The van der Waals surface area contributed by atoms with Crippen LogP contribution in [-0.2, 0) is 16.0 Å². The molecule has 0 unspecified atom stereocenters. The summed E-state index contributed by atoms with van der Waals surface area (Å²) in [5.41, 5.74) is 5.95. The van der Waals surface area contributed by atoms with Crippen molar-refractivity contribution in [3.63, 3.8) is 0 Å². The highest BCUT2D eigenvalue weighted by Crippen LogP contribution is 2.11. The number of benzene rings is 1. The van der Waals surface area contributed by atoms with Crippen molar-refractivity contribution in [2.75, 3.05) is 31.2 Å². The van der Waals surface area contributed by atoms with Gasteiger partial charge in [-0.3, -0.25) is 30.2 Å². The summed E-state index contributed by atoms with van der Waals surface area (Å²) in [6.45, 7) is 4.29. The summed E-state index contributed by atoms with van der Waals surface area (Å²) in [7, 11) is 0. The van der Waals surface area contributed by atoms with Gasteiger partial charge < -0.3 is 9.64 Å². The van der Waals surface area contributed by atoms with Crippen molar-refractivity contribution in [3.05, 3.63) is 57.5 Å². The van der Waals surface area contributed by atoms with Crippen LogP contribution >= 0.6 is 0 Å². The molecular weight excluding hydrogens is 362 g/mol. The van der Waals surface area contributed by atoms with Crippen LogP contribution in [-0.4, -0.2) is 48.1 Å². The van der Waals surface area contributed by atoms with Gasteiger partial charge in [0.2, 0.25) is 11.9 Å². The number of hydrazine groups is 1. The Bertz CT molecular complexity index is 891. The molecule has 9 heteroatoms. The minimum absolute atomic E-state index is 0.0531. The predicted octanol–water partition coefficient (Wildman–Crippen LogP) is 0.309. The van der Waals surface area contributed by atoms with Crippen molar-refractivity contribution in [2.45, 2.75) is 19.8 Å². The van der Waals surface area contributed by atoms with Gasteiger partial charge in [0.05, 0.1) is 13.2 Å². The van der Waals surface area contributed by atoms with Gasteiger partial charge in [0.1, 0.15) is 0 Å². The SMILES string of the molecule is Cc1nc(N2CCOCC2)[nH]c(=O)c1CCC(=O)NNC(=O)c1ccccc1. The van der Waals surface area contributed by atoms with Crippen LogP contribution in [0.1, 0.15) is 28.0 Å². The molecule has 1 fully saturated rings. The smallest absolute Gasteiger partial charge is 0.269 e. The van der Waals surface area contributed by atoms with Crippen LogP contribution in [0.25, 0.3) is 0 Å². The number of carbonyl (C=O) groups is 2. The minimum atomic E-state index is -0.403. The molecule has 2 heterocycles. The van der Waals surface area contributed by atoms with Crippen LogP contribution in [0.15, 0.2) is 35.1 Å². The van der Waals surface area contributed by atoms with E-state index in [9.17, 15) is 14.4 Å². The number of nitrogens with one attached hydrogen (secondary N) is 3. The number of hydrogen-bond donors (Lipinski definition) is 3. The van der Waals surface area contributed by atoms with Gasteiger partial charge in [-0.1, -0.05) is 18.2 Å². The maximum absolute atomic E-state index is 12.4. The molecule has 0 aliphatic carbocycles. The van der Waals surface area contributed by atoms with Gasteiger partial charge in [0, 0.05) is 36.3 Å². The molecule has 1 aliphatic rings. The molecule has 0 spiro atoms. The number of carbonyl (C=O) groups excluding carboxylic acids is 2. The monoisotopic (exact) mass is 385 g/mol. The van der Waals surface area contributed by atoms with Gasteiger partial charge in [-0.05, 0) is 25.5 Å². The van der Waals surface area contributed by atoms with Gasteiger partial charge in [-0.15, -0.1) is 0 Å². The lowest BCUT2D eigenvalue weighted by atomic mass is 10.1. The lowest BCUT2D eigenvalue weighted by Crippen LogP contribution is -2.42. The van der Waals surface area contributed by atoms with Crippen molar-refractivity contribution in [2.24, 2.45) is 0 Å². The van der Waals surface area contributed by atoms with Crippen molar-refractivity contribution in [1.82, 2.24) is 20.8 Å². The van der Waals surface area contributed by atoms with Crippen LogP contribution in [0.3, 0.4) is 0 Å². The van der Waals surface area contributed by atoms with Gasteiger partial charge in [0.15, 0.2) is 0 Å². The number of anilines is 1. The molecule has 1 aromatic carbocycles. The number of rotatable bonds is 5. The average molecular weight is 385 g/mol. The minimum Gasteiger partial charge on any atom is -0.378 e. The van der Waals surface area contributed by atoms with E-state index in [0.29, 0.717) is 49.1 Å². The van der Waals surface area contributed by atoms with Gasteiger partial charge in [0.25, 0.3) is 11.5 Å². The topological polar surface area (TPSA) is 116 Å². The van der Waals surface area contributed by atoms with Crippen molar-refractivity contribution in [1.29, 1.82) is 0 Å². The zero-order valence-corrected chi connectivity index (χ0v) is 15.7. The van der Waals surface area contributed by atoms with E-state index in [2.05, 4.69) is 20.8 Å². The van der Waals surface area contributed by atoms with E-state index in [1.165, 1.54) is 0 Å². The van der Waals surface area contributed by atoms with Crippen LogP contribution in [0.5, 0.6) is 0 Å². The van der Waals surface area contributed by atoms with Crippen LogP contribution < -0.4 is 21.3 Å². The molecule has 2 amide bonds. The number of amides is 2. The predicted molar refractivity (Wildman–Crippen MR) is 103 cm³/mol. The number of nitrogens with zero attached hydrogens (tertiary/aromatic N) is 2. The quantitative estimate of drug-likeness (QED) is 0.638. The maximum atomic E-state index is 12.4. The standard InChI is InChI=1S/C19H23N5O4/c1-13-15(18(27)21-19(20-13)24-9-11-28-12-10-24)7-8-16(25)22-23-17(26)14-5-3-2-4-6-14/h2-6H,7-12H2,1H3,(H,22,25)(H,23,26)(H,20,21,27). The third-order valence-electron chi connectivity index (χ3n) is 4.47. The Balaban J connectivity index is 1.54. The summed E-state index contributed by atoms with van der Waals surface area (Å²) in [6, 6.07) is 8.56. The third-order valence-corrected chi connectivity index (χ3v) is 4.47. The van der Waals surface area contributed by atoms with E-state index in [1.54, 1.807) is 37.3 Å². The number of ether oxygens (including phenoxy) is 1. The molecule has 9 nitrogen and oxygen atoms in total. The number of H-pyrrole nitrogens is 1. The summed E-state index contributed by atoms with van der Waals surface area (Å²) >= 11 is 0. The summed E-state index contributed by atoms with van der Waals surface area (Å²) in [6.07, 6.45) is 0.280. The normalized spacial score (nSPS) is 13.8. The highest BCUT2D eigenvalue weighted by Gasteiger charge is 2.17. The summed E-state index contributed by atoms with van der Waals surface area (Å²) in [5.74, 6) is -0.269. The third kappa shape index (κ3) is 4.95. The van der Waals surface area contributed by atoms with Crippen LogP contribution in [0.4, 0.5) is 5.95 Å². The van der Waals surface area contributed by atoms with Crippen molar-refractivity contribution in [3.8, 4) is 0 Å². The van der Waals surface area contributed by atoms with Crippen LogP contribution in [0.2, 0.25) is 0 Å². The molecule has 148 valence electrons. The Morgan fingerprint density at radius 3 is 2.57 bits per heavy atom. The zero-order valence-electron chi connectivity index (χ0n) is 15.7. The first-order valence-corrected chi connectivity index (χ1v) is 9.11. The Morgan fingerprint density at radius 2 is 1.89 bits per heavy atom. The average Bonchev–Trinajstić information content (AvgIpc) is 2.72. The molecule has 0 bridgehead atoms. The molecule has 1 aliphatic heterocycles. The van der Waals surface area contributed by atoms with Gasteiger partial charge in [-0.25, -0.2) is 4.98 Å². The maximum Gasteiger partial charge on any atom is 0.269 e. The van der Waals surface area contributed by atoms with E-state index in [1.807, 2.05) is 4.90 Å². The molecule has 0 atom stereocenters. The van der Waals surface area contributed by atoms with E-state index in [0.717, 1.165) is 0 Å². The van der Waals surface area contributed by atoms with E-state index < -0.39 is 5.91 Å². The molecule has 28 heavy (non-hydrogen) atoms. The fraction of sp³-hybridized carbons (Fsp3) is 0.368.